The number of hydrogen-bond donors (Lipinski definition) is 2. The van der Waals surface area contributed by atoms with Crippen LogP contribution in [0.3, 0.4) is 0 Å². The standard InChI is InChI=1S/C19H23N7/c1-2-6-14(5-1)22-17-11-16(21-12-15-7-3-4-10-20-15)19-24-23-18(13-8-9-13)26(19)25-17/h3-4,7,10-11,13-14,21H,1-2,5-6,8-9,12H2,(H,22,25). The third-order valence-electron chi connectivity index (χ3n) is 5.23. The molecule has 134 valence electrons. The molecule has 5 rings (SSSR count). The van der Waals surface area contributed by atoms with Crippen LogP contribution in [0.25, 0.3) is 5.65 Å². The highest BCUT2D eigenvalue weighted by Gasteiger charge is 2.30. The molecule has 0 radical (unpaired) electrons. The largest absolute Gasteiger partial charge is 0.376 e. The summed E-state index contributed by atoms with van der Waals surface area (Å²) in [5, 5.41) is 20.7. The van der Waals surface area contributed by atoms with Crippen LogP contribution < -0.4 is 10.6 Å². The van der Waals surface area contributed by atoms with Gasteiger partial charge in [-0.05, 0) is 37.8 Å². The maximum absolute atomic E-state index is 4.80. The molecule has 7 nitrogen and oxygen atoms in total. The summed E-state index contributed by atoms with van der Waals surface area (Å²) in [6.45, 7) is 0.648. The Morgan fingerprint density at radius 1 is 1.08 bits per heavy atom. The summed E-state index contributed by atoms with van der Waals surface area (Å²) in [5.41, 5.74) is 2.74. The summed E-state index contributed by atoms with van der Waals surface area (Å²) < 4.78 is 1.93. The van der Waals surface area contributed by atoms with Crippen molar-refractivity contribution in [3.63, 3.8) is 0 Å². The zero-order valence-electron chi connectivity index (χ0n) is 14.7. The molecule has 0 unspecified atom stereocenters. The third kappa shape index (κ3) is 3.09. The van der Waals surface area contributed by atoms with E-state index in [-0.39, 0.29) is 0 Å². The van der Waals surface area contributed by atoms with Crippen LogP contribution in [0.15, 0.2) is 30.5 Å². The lowest BCUT2D eigenvalue weighted by molar-refractivity contribution is 0.737. The SMILES string of the molecule is c1ccc(CNc2cc(NC3CCCC3)nn3c(C4CC4)nnc23)nc1. The van der Waals surface area contributed by atoms with Gasteiger partial charge in [0.25, 0.3) is 0 Å². The van der Waals surface area contributed by atoms with Crippen molar-refractivity contribution in [2.24, 2.45) is 0 Å². The topological polar surface area (TPSA) is 80.0 Å². The van der Waals surface area contributed by atoms with Crippen molar-refractivity contribution in [2.45, 2.75) is 57.0 Å². The van der Waals surface area contributed by atoms with Crippen LogP contribution >= 0.6 is 0 Å². The van der Waals surface area contributed by atoms with E-state index >= 15 is 0 Å². The number of anilines is 2. The van der Waals surface area contributed by atoms with Gasteiger partial charge < -0.3 is 10.6 Å². The number of nitrogens with zero attached hydrogens (tertiary/aromatic N) is 5. The van der Waals surface area contributed by atoms with E-state index in [0.717, 1.165) is 28.7 Å². The minimum absolute atomic E-state index is 0.503. The molecule has 0 spiro atoms. The van der Waals surface area contributed by atoms with E-state index in [1.54, 1.807) is 0 Å². The van der Waals surface area contributed by atoms with Crippen molar-refractivity contribution in [2.75, 3.05) is 10.6 Å². The van der Waals surface area contributed by atoms with Gasteiger partial charge in [0.1, 0.15) is 5.82 Å². The van der Waals surface area contributed by atoms with E-state index in [9.17, 15) is 0 Å². The minimum Gasteiger partial charge on any atom is -0.376 e. The summed E-state index contributed by atoms with van der Waals surface area (Å²) >= 11 is 0. The van der Waals surface area contributed by atoms with Gasteiger partial charge in [-0.15, -0.1) is 15.3 Å². The van der Waals surface area contributed by atoms with Crippen molar-refractivity contribution in [1.29, 1.82) is 0 Å². The minimum atomic E-state index is 0.503. The summed E-state index contributed by atoms with van der Waals surface area (Å²) in [7, 11) is 0. The molecular weight excluding hydrogens is 326 g/mol. The molecule has 0 amide bonds. The molecule has 0 bridgehead atoms. The highest BCUT2D eigenvalue weighted by molar-refractivity contribution is 5.70. The highest BCUT2D eigenvalue weighted by atomic mass is 15.4. The van der Waals surface area contributed by atoms with Gasteiger partial charge in [-0.2, -0.15) is 4.52 Å². The fourth-order valence-corrected chi connectivity index (χ4v) is 3.66. The number of nitrogens with one attached hydrogen (secondary N) is 2. The Hall–Kier alpha value is -2.70. The van der Waals surface area contributed by atoms with Gasteiger partial charge in [-0.1, -0.05) is 18.9 Å². The Balaban J connectivity index is 1.47. The van der Waals surface area contributed by atoms with Crippen LogP contribution in [0.4, 0.5) is 11.5 Å². The molecule has 7 heteroatoms. The number of pyridine rings is 1. The predicted octanol–water partition coefficient (Wildman–Crippen LogP) is 3.36. The predicted molar refractivity (Wildman–Crippen MR) is 100 cm³/mol. The third-order valence-corrected chi connectivity index (χ3v) is 5.23. The molecule has 2 aliphatic rings. The van der Waals surface area contributed by atoms with E-state index in [4.69, 9.17) is 5.10 Å². The van der Waals surface area contributed by atoms with Gasteiger partial charge in [0.15, 0.2) is 5.82 Å². The molecule has 2 N–H and O–H groups in total. The molecule has 3 heterocycles. The van der Waals surface area contributed by atoms with Crippen molar-refractivity contribution < 1.29 is 0 Å². The smallest absolute Gasteiger partial charge is 0.201 e. The molecule has 0 aliphatic heterocycles. The van der Waals surface area contributed by atoms with E-state index in [2.05, 4.69) is 31.9 Å². The number of hydrogen-bond acceptors (Lipinski definition) is 6. The highest BCUT2D eigenvalue weighted by Crippen LogP contribution is 2.39. The van der Waals surface area contributed by atoms with Gasteiger partial charge in [0.2, 0.25) is 5.65 Å². The maximum atomic E-state index is 4.80. The van der Waals surface area contributed by atoms with Gasteiger partial charge in [0, 0.05) is 24.2 Å². The number of rotatable bonds is 6. The fourth-order valence-electron chi connectivity index (χ4n) is 3.66. The Kier molecular flexibility index (Phi) is 3.92. The van der Waals surface area contributed by atoms with Crippen molar-refractivity contribution >= 4 is 17.2 Å². The normalized spacial score (nSPS) is 17.7. The zero-order valence-corrected chi connectivity index (χ0v) is 14.7. The first-order chi connectivity index (χ1) is 12.9. The van der Waals surface area contributed by atoms with Gasteiger partial charge in [-0.25, -0.2) is 0 Å². The molecular formula is C19H23N7. The lowest BCUT2D eigenvalue weighted by atomic mass is 10.2. The first-order valence-corrected chi connectivity index (χ1v) is 9.53. The molecule has 26 heavy (non-hydrogen) atoms. The van der Waals surface area contributed by atoms with E-state index in [0.29, 0.717) is 18.5 Å². The van der Waals surface area contributed by atoms with Gasteiger partial charge in [0.05, 0.1) is 17.9 Å². The number of fused-ring (bicyclic) bond motifs is 1. The molecule has 2 saturated carbocycles. The van der Waals surface area contributed by atoms with E-state index < -0.39 is 0 Å². The first kappa shape index (κ1) is 15.5. The summed E-state index contributed by atoms with van der Waals surface area (Å²) in [6, 6.07) is 8.52. The average molecular weight is 349 g/mol. The van der Waals surface area contributed by atoms with Gasteiger partial charge in [-0.3, -0.25) is 4.98 Å². The fraction of sp³-hybridized carbons (Fsp3) is 0.474. The molecule has 2 aliphatic carbocycles. The summed E-state index contributed by atoms with van der Waals surface area (Å²) in [5.74, 6) is 2.38. The Labute approximate surface area is 152 Å². The second-order valence-corrected chi connectivity index (χ2v) is 7.31. The Bertz CT molecular complexity index is 895. The van der Waals surface area contributed by atoms with Crippen molar-refractivity contribution in [3.8, 4) is 0 Å². The van der Waals surface area contributed by atoms with Gasteiger partial charge >= 0.3 is 0 Å². The molecule has 2 fully saturated rings. The van der Waals surface area contributed by atoms with E-state index in [1.807, 2.05) is 28.9 Å². The first-order valence-electron chi connectivity index (χ1n) is 9.53. The van der Waals surface area contributed by atoms with Crippen LogP contribution in [0.2, 0.25) is 0 Å². The van der Waals surface area contributed by atoms with Crippen molar-refractivity contribution in [1.82, 2.24) is 24.8 Å². The lowest BCUT2D eigenvalue weighted by Gasteiger charge is -2.15. The lowest BCUT2D eigenvalue weighted by Crippen LogP contribution is -2.17. The zero-order chi connectivity index (χ0) is 17.3. The van der Waals surface area contributed by atoms with Crippen LogP contribution in [0, 0.1) is 0 Å². The maximum Gasteiger partial charge on any atom is 0.201 e. The van der Waals surface area contributed by atoms with Crippen LogP contribution in [-0.2, 0) is 6.54 Å². The second kappa shape index (κ2) is 6.55. The quantitative estimate of drug-likeness (QED) is 0.710. The summed E-state index contributed by atoms with van der Waals surface area (Å²) in [6.07, 6.45) is 9.20. The molecule has 3 aromatic rings. The van der Waals surface area contributed by atoms with Crippen LogP contribution in [0.5, 0.6) is 0 Å². The number of aromatic nitrogens is 5. The van der Waals surface area contributed by atoms with Crippen LogP contribution in [0.1, 0.15) is 56.0 Å². The average Bonchev–Trinajstić information content (AvgIpc) is 3.21. The van der Waals surface area contributed by atoms with E-state index in [1.165, 1.54) is 38.5 Å². The van der Waals surface area contributed by atoms with Crippen molar-refractivity contribution in [3.05, 3.63) is 42.0 Å². The molecule has 3 aromatic heterocycles. The molecule has 0 aromatic carbocycles. The second-order valence-electron chi connectivity index (χ2n) is 7.31. The summed E-state index contributed by atoms with van der Waals surface area (Å²) in [4.78, 5) is 4.39. The molecule has 0 saturated heterocycles. The Morgan fingerprint density at radius 2 is 1.96 bits per heavy atom. The van der Waals surface area contributed by atoms with Crippen LogP contribution in [-0.4, -0.2) is 30.8 Å². The Morgan fingerprint density at radius 3 is 2.73 bits per heavy atom. The molecule has 0 atom stereocenters. The monoisotopic (exact) mass is 349 g/mol.